The quantitative estimate of drug-likeness (QED) is 0.601. The van der Waals surface area contributed by atoms with Crippen molar-refractivity contribution in [2.45, 2.75) is 0 Å². The molecule has 0 unspecified atom stereocenters. The van der Waals surface area contributed by atoms with Crippen molar-refractivity contribution in [3.63, 3.8) is 0 Å². The van der Waals surface area contributed by atoms with Crippen molar-refractivity contribution in [1.29, 1.82) is 0 Å². The Morgan fingerprint density at radius 1 is 1.56 bits per heavy atom. The third-order valence-corrected chi connectivity index (χ3v) is 0.743. The van der Waals surface area contributed by atoms with Gasteiger partial charge in [-0.15, -0.1) is 12.4 Å². The Morgan fingerprint density at radius 3 is 2.56 bits per heavy atom. The standard InChI is InChI=1S/C5H5FN2.ClH/c6-4-1-2-8-5(7)3-4;/h1-3H,(H2,7,8);1H. The molecule has 1 aromatic heterocycles. The molecule has 2 nitrogen and oxygen atoms in total. The molecule has 0 aliphatic heterocycles. The molecule has 4 heteroatoms. The summed E-state index contributed by atoms with van der Waals surface area (Å²) in [7, 11) is 0. The average molecular weight is 149 g/mol. The number of hydrogen-bond acceptors (Lipinski definition) is 2. The molecule has 0 amide bonds. The van der Waals surface area contributed by atoms with Crippen LogP contribution in [-0.4, -0.2) is 4.98 Å². The lowest BCUT2D eigenvalue weighted by atomic mass is 10.4. The molecule has 0 aliphatic carbocycles. The van der Waals surface area contributed by atoms with Crippen LogP contribution in [0.3, 0.4) is 0 Å². The van der Waals surface area contributed by atoms with Crippen LogP contribution in [-0.2, 0) is 0 Å². The molecule has 0 saturated carbocycles. The number of nitrogen functional groups attached to an aromatic ring is 1. The van der Waals surface area contributed by atoms with E-state index >= 15 is 0 Å². The van der Waals surface area contributed by atoms with Gasteiger partial charge in [0, 0.05) is 12.3 Å². The van der Waals surface area contributed by atoms with Crippen LogP contribution in [0.1, 0.15) is 0 Å². The predicted octanol–water partition coefficient (Wildman–Crippen LogP) is 1.22. The minimum Gasteiger partial charge on any atom is -0.384 e. The fraction of sp³-hybridized carbons (Fsp3) is 0. The van der Waals surface area contributed by atoms with Gasteiger partial charge < -0.3 is 5.73 Å². The van der Waals surface area contributed by atoms with Gasteiger partial charge in [-0.2, -0.15) is 0 Å². The lowest BCUT2D eigenvalue weighted by molar-refractivity contribution is 0.626. The third-order valence-electron chi connectivity index (χ3n) is 0.743. The van der Waals surface area contributed by atoms with E-state index < -0.39 is 0 Å². The van der Waals surface area contributed by atoms with E-state index in [-0.39, 0.29) is 24.0 Å². The summed E-state index contributed by atoms with van der Waals surface area (Å²) in [6.45, 7) is 0. The molecule has 0 fully saturated rings. The average Bonchev–Trinajstić information content (AvgIpc) is 1.64. The van der Waals surface area contributed by atoms with E-state index in [1.807, 2.05) is 0 Å². The molecule has 9 heavy (non-hydrogen) atoms. The van der Waals surface area contributed by atoms with Crippen LogP contribution in [0.15, 0.2) is 18.3 Å². The number of hydrogen-bond donors (Lipinski definition) is 1. The molecule has 0 bridgehead atoms. The summed E-state index contributed by atoms with van der Waals surface area (Å²) in [5, 5.41) is 0. The summed E-state index contributed by atoms with van der Waals surface area (Å²) in [5.41, 5.74) is 5.11. The Bertz CT molecular complexity index is 175. The van der Waals surface area contributed by atoms with Crippen molar-refractivity contribution < 1.29 is 4.39 Å². The molecule has 1 aromatic rings. The molecule has 1 heterocycles. The summed E-state index contributed by atoms with van der Waals surface area (Å²) in [4.78, 5) is 3.58. The van der Waals surface area contributed by atoms with Crippen LogP contribution in [0.5, 0.6) is 0 Å². The Morgan fingerprint density at radius 2 is 2.22 bits per heavy atom. The van der Waals surface area contributed by atoms with Gasteiger partial charge in [-0.1, -0.05) is 0 Å². The second-order valence-electron chi connectivity index (χ2n) is 1.40. The first kappa shape index (κ1) is 8.17. The van der Waals surface area contributed by atoms with Gasteiger partial charge in [0.1, 0.15) is 11.6 Å². The summed E-state index contributed by atoms with van der Waals surface area (Å²) < 4.78 is 12.0. The van der Waals surface area contributed by atoms with E-state index in [0.717, 1.165) is 0 Å². The molecule has 0 atom stereocenters. The van der Waals surface area contributed by atoms with Crippen molar-refractivity contribution in [2.75, 3.05) is 5.73 Å². The zero-order valence-corrected chi connectivity index (χ0v) is 5.36. The highest BCUT2D eigenvalue weighted by Gasteiger charge is 1.86. The highest BCUT2D eigenvalue weighted by atomic mass is 35.5. The Kier molecular flexibility index (Phi) is 2.95. The van der Waals surface area contributed by atoms with E-state index in [1.54, 1.807) is 0 Å². The van der Waals surface area contributed by atoms with Gasteiger partial charge in [0.2, 0.25) is 0 Å². The van der Waals surface area contributed by atoms with E-state index in [4.69, 9.17) is 5.73 Å². The molecule has 0 spiro atoms. The van der Waals surface area contributed by atoms with Gasteiger partial charge in [0.25, 0.3) is 0 Å². The first-order chi connectivity index (χ1) is 3.79. The molecule has 2 N–H and O–H groups in total. The fourth-order valence-electron chi connectivity index (χ4n) is 0.421. The van der Waals surface area contributed by atoms with E-state index in [1.165, 1.54) is 18.3 Å². The molecule has 0 aliphatic rings. The molecule has 0 saturated heterocycles. The molecule has 50 valence electrons. The second kappa shape index (κ2) is 3.25. The summed E-state index contributed by atoms with van der Waals surface area (Å²) >= 11 is 0. The Hall–Kier alpha value is -0.830. The topological polar surface area (TPSA) is 38.9 Å². The summed E-state index contributed by atoms with van der Waals surface area (Å²) in [6, 6.07) is 2.41. The monoisotopic (exact) mass is 148 g/mol. The van der Waals surface area contributed by atoms with Crippen LogP contribution in [0.25, 0.3) is 0 Å². The maximum Gasteiger partial charge on any atom is 0.128 e. The van der Waals surface area contributed by atoms with Crippen LogP contribution in [0.2, 0.25) is 0 Å². The Labute approximate surface area is 58.3 Å². The number of anilines is 1. The van der Waals surface area contributed by atoms with Gasteiger partial charge in [0.05, 0.1) is 0 Å². The van der Waals surface area contributed by atoms with Gasteiger partial charge in [0.15, 0.2) is 0 Å². The zero-order chi connectivity index (χ0) is 5.98. The van der Waals surface area contributed by atoms with Crippen LogP contribution < -0.4 is 5.73 Å². The normalized spacial score (nSPS) is 8.11. The van der Waals surface area contributed by atoms with Crippen LogP contribution in [0.4, 0.5) is 10.2 Å². The molecule has 0 radical (unpaired) electrons. The lowest BCUT2D eigenvalue weighted by Gasteiger charge is -1.87. The second-order valence-corrected chi connectivity index (χ2v) is 1.40. The van der Waals surface area contributed by atoms with Crippen LogP contribution >= 0.6 is 12.4 Å². The largest absolute Gasteiger partial charge is 0.384 e. The molecular formula is C5H6ClFN2. The zero-order valence-electron chi connectivity index (χ0n) is 4.54. The van der Waals surface area contributed by atoms with Gasteiger partial charge >= 0.3 is 0 Å². The van der Waals surface area contributed by atoms with Crippen LogP contribution in [0, 0.1) is 5.82 Å². The third kappa shape index (κ3) is 2.28. The van der Waals surface area contributed by atoms with Crippen molar-refractivity contribution >= 4 is 18.2 Å². The van der Waals surface area contributed by atoms with Gasteiger partial charge in [-0.25, -0.2) is 9.37 Å². The SMILES string of the molecule is Cl.Nc1cc(F)ccn1. The summed E-state index contributed by atoms with van der Waals surface area (Å²) in [5.74, 6) is -0.137. The fourth-order valence-corrected chi connectivity index (χ4v) is 0.421. The van der Waals surface area contributed by atoms with Crippen molar-refractivity contribution in [2.24, 2.45) is 0 Å². The minimum atomic E-state index is -0.350. The number of pyridine rings is 1. The maximum absolute atomic E-state index is 12.0. The minimum absolute atomic E-state index is 0. The number of nitrogens with zero attached hydrogens (tertiary/aromatic N) is 1. The highest BCUT2D eigenvalue weighted by Crippen LogP contribution is 1.98. The van der Waals surface area contributed by atoms with E-state index in [2.05, 4.69) is 4.98 Å². The lowest BCUT2D eigenvalue weighted by Crippen LogP contribution is -1.88. The molecular weight excluding hydrogens is 143 g/mol. The smallest absolute Gasteiger partial charge is 0.128 e. The number of nitrogens with two attached hydrogens (primary N) is 1. The maximum atomic E-state index is 12.0. The van der Waals surface area contributed by atoms with Gasteiger partial charge in [-0.05, 0) is 6.07 Å². The first-order valence-electron chi connectivity index (χ1n) is 2.16. The van der Waals surface area contributed by atoms with E-state index in [9.17, 15) is 4.39 Å². The molecule has 1 rings (SSSR count). The van der Waals surface area contributed by atoms with Gasteiger partial charge in [-0.3, -0.25) is 0 Å². The molecule has 0 aromatic carbocycles. The highest BCUT2D eigenvalue weighted by molar-refractivity contribution is 5.85. The van der Waals surface area contributed by atoms with Crippen molar-refractivity contribution in [3.8, 4) is 0 Å². The predicted molar refractivity (Wildman–Crippen MR) is 35.9 cm³/mol. The van der Waals surface area contributed by atoms with Crippen molar-refractivity contribution in [3.05, 3.63) is 24.1 Å². The number of halogens is 2. The first-order valence-corrected chi connectivity index (χ1v) is 2.16. The van der Waals surface area contributed by atoms with Crippen molar-refractivity contribution in [1.82, 2.24) is 4.98 Å². The van der Waals surface area contributed by atoms with E-state index in [0.29, 0.717) is 0 Å². The summed E-state index contributed by atoms with van der Waals surface area (Å²) in [6.07, 6.45) is 1.32. The number of rotatable bonds is 0. The Balaban J connectivity index is 0.000000640. The number of aromatic nitrogens is 1.